The number of hydrogen-bond acceptors (Lipinski definition) is 6. The van der Waals surface area contributed by atoms with Crippen LogP contribution in [0.4, 0.5) is 0 Å². The van der Waals surface area contributed by atoms with Crippen molar-refractivity contribution in [3.8, 4) is 0 Å². The fourth-order valence-electron chi connectivity index (χ4n) is 2.41. The summed E-state index contributed by atoms with van der Waals surface area (Å²) in [5, 5.41) is 18.8. The molecular weight excluding hydrogens is 334 g/mol. The molecule has 0 spiro atoms. The number of amides is 1. The van der Waals surface area contributed by atoms with Crippen molar-refractivity contribution in [1.29, 1.82) is 0 Å². The lowest BCUT2D eigenvalue weighted by Gasteiger charge is -2.28. The predicted molar refractivity (Wildman–Crippen MR) is 87.6 cm³/mol. The standard InChI is InChI=1S/C15H21N3O5S/c1-10(9-19)18(8-11(2)20)14(21)13-12-6-4-5-7-17(12)15(16-13)24(3,22)23/h4-7,10-11,19-20H,8-9H2,1-3H3. The molecule has 0 fully saturated rings. The zero-order chi connectivity index (χ0) is 18.1. The van der Waals surface area contributed by atoms with Crippen LogP contribution in [0.2, 0.25) is 0 Å². The Morgan fingerprint density at radius 3 is 2.58 bits per heavy atom. The van der Waals surface area contributed by atoms with Gasteiger partial charge in [0.2, 0.25) is 15.0 Å². The van der Waals surface area contributed by atoms with Crippen LogP contribution in [0.5, 0.6) is 0 Å². The van der Waals surface area contributed by atoms with Crippen molar-refractivity contribution < 1.29 is 23.4 Å². The second-order valence-electron chi connectivity index (χ2n) is 5.81. The molecule has 2 N–H and O–H groups in total. The first-order valence-corrected chi connectivity index (χ1v) is 9.33. The van der Waals surface area contributed by atoms with Crippen LogP contribution in [-0.4, -0.2) is 70.4 Å². The maximum atomic E-state index is 12.9. The monoisotopic (exact) mass is 355 g/mol. The number of aliphatic hydroxyl groups excluding tert-OH is 2. The van der Waals surface area contributed by atoms with Crippen molar-refractivity contribution in [2.24, 2.45) is 0 Å². The Labute approximate surface area is 140 Å². The number of nitrogens with zero attached hydrogens (tertiary/aromatic N) is 3. The molecule has 2 aromatic rings. The predicted octanol–water partition coefficient (Wildman–Crippen LogP) is -0.0584. The van der Waals surface area contributed by atoms with Gasteiger partial charge in [-0.25, -0.2) is 13.4 Å². The van der Waals surface area contributed by atoms with Gasteiger partial charge < -0.3 is 15.1 Å². The number of pyridine rings is 1. The van der Waals surface area contributed by atoms with Crippen LogP contribution >= 0.6 is 0 Å². The van der Waals surface area contributed by atoms with E-state index in [0.717, 1.165) is 6.26 Å². The van der Waals surface area contributed by atoms with E-state index < -0.39 is 27.9 Å². The fourth-order valence-corrected chi connectivity index (χ4v) is 3.18. The summed E-state index contributed by atoms with van der Waals surface area (Å²) in [6, 6.07) is 4.36. The van der Waals surface area contributed by atoms with Crippen molar-refractivity contribution in [2.45, 2.75) is 31.1 Å². The molecule has 132 valence electrons. The van der Waals surface area contributed by atoms with Gasteiger partial charge >= 0.3 is 0 Å². The summed E-state index contributed by atoms with van der Waals surface area (Å²) in [4.78, 5) is 18.2. The summed E-state index contributed by atoms with van der Waals surface area (Å²) >= 11 is 0. The lowest BCUT2D eigenvalue weighted by molar-refractivity contribution is 0.0469. The first-order valence-electron chi connectivity index (χ1n) is 7.43. The Balaban J connectivity index is 2.60. The average Bonchev–Trinajstić information content (AvgIpc) is 2.91. The SMILES string of the molecule is CC(O)CN(C(=O)c1nc(S(C)(=O)=O)n2ccccc12)C(C)CO. The lowest BCUT2D eigenvalue weighted by Crippen LogP contribution is -2.44. The van der Waals surface area contributed by atoms with E-state index in [0.29, 0.717) is 5.52 Å². The number of sulfone groups is 1. The third-order valence-corrected chi connectivity index (χ3v) is 4.52. The highest BCUT2D eigenvalue weighted by molar-refractivity contribution is 7.90. The zero-order valence-corrected chi connectivity index (χ0v) is 14.6. The summed E-state index contributed by atoms with van der Waals surface area (Å²) in [7, 11) is -3.63. The van der Waals surface area contributed by atoms with E-state index >= 15 is 0 Å². The van der Waals surface area contributed by atoms with E-state index in [4.69, 9.17) is 0 Å². The number of carbonyl (C=O) groups excluding carboxylic acids is 1. The molecule has 0 aliphatic heterocycles. The number of rotatable bonds is 6. The van der Waals surface area contributed by atoms with E-state index in [-0.39, 0.29) is 24.0 Å². The minimum absolute atomic E-state index is 0.000617. The highest BCUT2D eigenvalue weighted by Gasteiger charge is 2.29. The molecule has 0 aromatic carbocycles. The summed E-state index contributed by atoms with van der Waals surface area (Å²) in [6.07, 6.45) is 1.74. The molecular formula is C15H21N3O5S. The maximum absolute atomic E-state index is 12.9. The third kappa shape index (κ3) is 3.58. The van der Waals surface area contributed by atoms with Crippen LogP contribution in [-0.2, 0) is 9.84 Å². The van der Waals surface area contributed by atoms with E-state index in [1.54, 1.807) is 25.1 Å². The minimum Gasteiger partial charge on any atom is -0.394 e. The number of aromatic nitrogens is 2. The van der Waals surface area contributed by atoms with Crippen molar-refractivity contribution in [3.05, 3.63) is 30.1 Å². The smallest absolute Gasteiger partial charge is 0.275 e. The maximum Gasteiger partial charge on any atom is 0.275 e. The van der Waals surface area contributed by atoms with Gasteiger partial charge in [-0.3, -0.25) is 9.20 Å². The largest absolute Gasteiger partial charge is 0.394 e. The van der Waals surface area contributed by atoms with Crippen molar-refractivity contribution in [2.75, 3.05) is 19.4 Å². The van der Waals surface area contributed by atoms with E-state index in [1.807, 2.05) is 0 Å². The average molecular weight is 355 g/mol. The molecule has 8 nitrogen and oxygen atoms in total. The Hall–Kier alpha value is -1.97. The Morgan fingerprint density at radius 2 is 2.04 bits per heavy atom. The summed E-state index contributed by atoms with van der Waals surface area (Å²) < 4.78 is 25.2. The quantitative estimate of drug-likeness (QED) is 0.751. The van der Waals surface area contributed by atoms with E-state index in [9.17, 15) is 23.4 Å². The molecule has 2 atom stereocenters. The Kier molecular flexibility index (Phi) is 5.26. The van der Waals surface area contributed by atoms with E-state index in [1.165, 1.54) is 22.4 Å². The fraction of sp³-hybridized carbons (Fsp3) is 0.467. The summed E-state index contributed by atoms with van der Waals surface area (Å²) in [5.41, 5.74) is 0.320. The molecule has 2 rings (SSSR count). The van der Waals surface area contributed by atoms with E-state index in [2.05, 4.69) is 4.98 Å². The van der Waals surface area contributed by atoms with Crippen LogP contribution in [0.1, 0.15) is 24.3 Å². The number of hydrogen-bond donors (Lipinski definition) is 2. The number of fused-ring (bicyclic) bond motifs is 1. The molecule has 0 bridgehead atoms. The van der Waals surface area contributed by atoms with Crippen molar-refractivity contribution in [3.63, 3.8) is 0 Å². The van der Waals surface area contributed by atoms with Gasteiger partial charge in [-0.05, 0) is 26.0 Å². The number of imidazole rings is 1. The van der Waals surface area contributed by atoms with Crippen LogP contribution < -0.4 is 0 Å². The third-order valence-electron chi connectivity index (χ3n) is 3.57. The molecule has 0 aliphatic rings. The van der Waals surface area contributed by atoms with Crippen LogP contribution in [0.3, 0.4) is 0 Å². The topological polar surface area (TPSA) is 112 Å². The van der Waals surface area contributed by atoms with Gasteiger partial charge in [0.25, 0.3) is 5.91 Å². The molecule has 2 heterocycles. The van der Waals surface area contributed by atoms with Crippen LogP contribution in [0.15, 0.2) is 29.6 Å². The van der Waals surface area contributed by atoms with Crippen molar-refractivity contribution >= 4 is 21.3 Å². The zero-order valence-electron chi connectivity index (χ0n) is 13.7. The molecule has 1 amide bonds. The summed E-state index contributed by atoms with van der Waals surface area (Å²) in [6.45, 7) is 2.87. The lowest BCUT2D eigenvalue weighted by atomic mass is 10.2. The second kappa shape index (κ2) is 6.88. The highest BCUT2D eigenvalue weighted by atomic mass is 32.2. The minimum atomic E-state index is -3.63. The Bertz CT molecular complexity index is 844. The first-order chi connectivity index (χ1) is 11.2. The molecule has 2 unspecified atom stereocenters. The first kappa shape index (κ1) is 18.4. The summed E-state index contributed by atoms with van der Waals surface area (Å²) in [5.74, 6) is -0.545. The van der Waals surface area contributed by atoms with Crippen molar-refractivity contribution in [1.82, 2.24) is 14.3 Å². The molecule has 2 aromatic heterocycles. The van der Waals surface area contributed by atoms with Gasteiger partial charge in [0.05, 0.1) is 24.3 Å². The van der Waals surface area contributed by atoms with Gasteiger partial charge in [0, 0.05) is 19.0 Å². The van der Waals surface area contributed by atoms with Gasteiger partial charge in [0.1, 0.15) is 0 Å². The number of carbonyl (C=O) groups is 1. The van der Waals surface area contributed by atoms with Gasteiger partial charge in [-0.1, -0.05) is 6.07 Å². The highest BCUT2D eigenvalue weighted by Crippen LogP contribution is 2.19. The normalized spacial score (nSPS) is 14.5. The Morgan fingerprint density at radius 1 is 1.38 bits per heavy atom. The van der Waals surface area contributed by atoms with Crippen LogP contribution in [0, 0.1) is 0 Å². The molecule has 0 saturated carbocycles. The molecule has 24 heavy (non-hydrogen) atoms. The number of aliphatic hydroxyl groups is 2. The molecule has 0 saturated heterocycles. The molecule has 0 radical (unpaired) electrons. The second-order valence-corrected chi connectivity index (χ2v) is 7.72. The van der Waals surface area contributed by atoms with Gasteiger partial charge in [-0.15, -0.1) is 0 Å². The molecule has 0 aliphatic carbocycles. The van der Waals surface area contributed by atoms with Gasteiger partial charge in [-0.2, -0.15) is 0 Å². The van der Waals surface area contributed by atoms with Crippen LogP contribution in [0.25, 0.3) is 5.52 Å². The molecule has 9 heteroatoms. The van der Waals surface area contributed by atoms with Gasteiger partial charge in [0.15, 0.2) is 5.69 Å².